The smallest absolute Gasteiger partial charge is 0.0673 e. The molecule has 2 heteroatoms. The summed E-state index contributed by atoms with van der Waals surface area (Å²) in [7, 11) is 0. The summed E-state index contributed by atoms with van der Waals surface area (Å²) in [5.74, 6) is 0. The summed E-state index contributed by atoms with van der Waals surface area (Å²) in [5, 5.41) is 3.76. The Bertz CT molecular complexity index is 626. The topological polar surface area (TPSA) is 12.0 Å². The van der Waals surface area contributed by atoms with E-state index in [9.17, 15) is 0 Å². The third-order valence-corrected chi connectivity index (χ3v) is 5.61. The number of nitrogens with one attached hydrogen (secondary N) is 1. The number of aryl methyl sites for hydroxylation is 4. The first kappa shape index (κ1) is 14.8. The van der Waals surface area contributed by atoms with Gasteiger partial charge in [0.2, 0.25) is 0 Å². The van der Waals surface area contributed by atoms with Crippen LogP contribution in [-0.2, 0) is 12.8 Å². The van der Waals surface area contributed by atoms with E-state index in [1.807, 2.05) is 11.3 Å². The van der Waals surface area contributed by atoms with Gasteiger partial charge in [0.05, 0.1) is 6.04 Å². The number of hydrogen-bond donors (Lipinski definition) is 1. The maximum absolute atomic E-state index is 3.76. The first-order valence-electron chi connectivity index (χ1n) is 8.11. The Morgan fingerprint density at radius 3 is 2.67 bits per heavy atom. The van der Waals surface area contributed by atoms with Gasteiger partial charge in [0, 0.05) is 9.75 Å². The van der Waals surface area contributed by atoms with Gasteiger partial charge in [0.25, 0.3) is 0 Å². The van der Waals surface area contributed by atoms with Crippen molar-refractivity contribution in [1.82, 2.24) is 5.32 Å². The van der Waals surface area contributed by atoms with Crippen LogP contribution in [0.3, 0.4) is 0 Å². The van der Waals surface area contributed by atoms with Crippen molar-refractivity contribution in [2.24, 2.45) is 0 Å². The quantitative estimate of drug-likeness (QED) is 0.824. The molecule has 0 fully saturated rings. The third kappa shape index (κ3) is 3.07. The molecule has 21 heavy (non-hydrogen) atoms. The molecule has 1 aromatic heterocycles. The van der Waals surface area contributed by atoms with E-state index in [0.717, 1.165) is 6.54 Å². The van der Waals surface area contributed by atoms with Crippen molar-refractivity contribution in [2.45, 2.75) is 52.5 Å². The standard InChI is InChI=1S/C19H25NS/c1-4-10-20-18(19-13(2)11-14(3)21-19)17-9-8-15-6-5-7-16(15)12-17/h8-9,11-12,18,20H,4-7,10H2,1-3H3. The van der Waals surface area contributed by atoms with Crippen LogP contribution in [0.1, 0.15) is 57.8 Å². The second-order valence-electron chi connectivity index (χ2n) is 6.17. The fraction of sp³-hybridized carbons (Fsp3) is 0.474. The lowest BCUT2D eigenvalue weighted by atomic mass is 9.98. The number of fused-ring (bicyclic) bond motifs is 1. The van der Waals surface area contributed by atoms with Crippen molar-refractivity contribution in [1.29, 1.82) is 0 Å². The zero-order valence-corrected chi connectivity index (χ0v) is 14.1. The second kappa shape index (κ2) is 6.33. The fourth-order valence-electron chi connectivity index (χ4n) is 3.37. The van der Waals surface area contributed by atoms with Crippen LogP contribution >= 0.6 is 11.3 Å². The first-order chi connectivity index (χ1) is 10.2. The van der Waals surface area contributed by atoms with E-state index < -0.39 is 0 Å². The van der Waals surface area contributed by atoms with Crippen LogP contribution in [0.4, 0.5) is 0 Å². The van der Waals surface area contributed by atoms with Crippen molar-refractivity contribution < 1.29 is 0 Å². The zero-order chi connectivity index (χ0) is 14.8. The summed E-state index contributed by atoms with van der Waals surface area (Å²) in [6, 6.07) is 9.81. The van der Waals surface area contributed by atoms with Crippen molar-refractivity contribution >= 4 is 11.3 Å². The Hall–Kier alpha value is -1.12. The first-order valence-corrected chi connectivity index (χ1v) is 8.92. The normalized spacial score (nSPS) is 15.2. The maximum atomic E-state index is 3.76. The minimum atomic E-state index is 0.356. The van der Waals surface area contributed by atoms with Gasteiger partial charge in [-0.2, -0.15) is 0 Å². The van der Waals surface area contributed by atoms with E-state index in [0.29, 0.717) is 6.04 Å². The highest BCUT2D eigenvalue weighted by molar-refractivity contribution is 7.12. The van der Waals surface area contributed by atoms with Crippen LogP contribution in [0.25, 0.3) is 0 Å². The highest BCUT2D eigenvalue weighted by atomic mass is 32.1. The molecule has 0 bridgehead atoms. The van der Waals surface area contributed by atoms with Crippen molar-refractivity contribution in [3.05, 3.63) is 56.3 Å². The average Bonchev–Trinajstić information content (AvgIpc) is 3.05. The minimum Gasteiger partial charge on any atom is -0.306 e. The Kier molecular flexibility index (Phi) is 4.46. The van der Waals surface area contributed by atoms with Gasteiger partial charge in [0.15, 0.2) is 0 Å². The van der Waals surface area contributed by atoms with Gasteiger partial charge in [-0.1, -0.05) is 25.1 Å². The van der Waals surface area contributed by atoms with Crippen LogP contribution in [-0.4, -0.2) is 6.54 Å². The highest BCUT2D eigenvalue weighted by Gasteiger charge is 2.20. The average molecular weight is 299 g/mol. The van der Waals surface area contributed by atoms with Crippen LogP contribution < -0.4 is 5.32 Å². The molecule has 1 heterocycles. The molecule has 0 saturated carbocycles. The molecule has 1 unspecified atom stereocenters. The second-order valence-corrected chi connectivity index (χ2v) is 7.46. The van der Waals surface area contributed by atoms with Crippen molar-refractivity contribution in [2.75, 3.05) is 6.54 Å². The molecule has 0 saturated heterocycles. The highest BCUT2D eigenvalue weighted by Crippen LogP contribution is 2.34. The third-order valence-electron chi connectivity index (χ3n) is 4.40. The summed E-state index contributed by atoms with van der Waals surface area (Å²) in [5.41, 5.74) is 5.99. The SMILES string of the molecule is CCCNC(c1ccc2c(c1)CCC2)c1sc(C)cc1C. The van der Waals surface area contributed by atoms with E-state index in [1.54, 1.807) is 11.1 Å². The molecule has 1 atom stereocenters. The summed E-state index contributed by atoms with van der Waals surface area (Å²) in [6.07, 6.45) is 5.01. The number of thiophene rings is 1. The lowest BCUT2D eigenvalue weighted by molar-refractivity contribution is 0.603. The van der Waals surface area contributed by atoms with Crippen LogP contribution in [0.5, 0.6) is 0 Å². The summed E-state index contributed by atoms with van der Waals surface area (Å²) < 4.78 is 0. The molecule has 3 rings (SSSR count). The van der Waals surface area contributed by atoms with Crippen LogP contribution in [0, 0.1) is 13.8 Å². The molecule has 0 amide bonds. The van der Waals surface area contributed by atoms with Crippen molar-refractivity contribution in [3.8, 4) is 0 Å². The van der Waals surface area contributed by atoms with E-state index in [-0.39, 0.29) is 0 Å². The summed E-state index contributed by atoms with van der Waals surface area (Å²) in [4.78, 5) is 2.89. The van der Waals surface area contributed by atoms with Gasteiger partial charge in [0.1, 0.15) is 0 Å². The van der Waals surface area contributed by atoms with Crippen LogP contribution in [0.2, 0.25) is 0 Å². The molecule has 1 aliphatic rings. The monoisotopic (exact) mass is 299 g/mol. The Morgan fingerprint density at radius 1 is 1.14 bits per heavy atom. The molecule has 1 nitrogen and oxygen atoms in total. The lowest BCUT2D eigenvalue weighted by Gasteiger charge is -2.20. The molecule has 1 aliphatic carbocycles. The zero-order valence-electron chi connectivity index (χ0n) is 13.3. The van der Waals surface area contributed by atoms with E-state index >= 15 is 0 Å². The molecular formula is C19H25NS. The van der Waals surface area contributed by atoms with Gasteiger partial charge in [-0.15, -0.1) is 11.3 Å². The molecule has 0 radical (unpaired) electrons. The van der Waals surface area contributed by atoms with Crippen molar-refractivity contribution in [3.63, 3.8) is 0 Å². The molecule has 112 valence electrons. The summed E-state index contributed by atoms with van der Waals surface area (Å²) in [6.45, 7) is 7.75. The molecule has 1 aromatic carbocycles. The number of rotatable bonds is 5. The minimum absolute atomic E-state index is 0.356. The largest absolute Gasteiger partial charge is 0.306 e. The van der Waals surface area contributed by atoms with E-state index in [1.165, 1.54) is 46.6 Å². The van der Waals surface area contributed by atoms with Gasteiger partial charge >= 0.3 is 0 Å². The van der Waals surface area contributed by atoms with E-state index in [4.69, 9.17) is 0 Å². The Labute approximate surface area is 132 Å². The molecule has 0 spiro atoms. The number of benzene rings is 1. The number of hydrogen-bond acceptors (Lipinski definition) is 2. The molecule has 0 aliphatic heterocycles. The van der Waals surface area contributed by atoms with Gasteiger partial charge in [-0.25, -0.2) is 0 Å². The fourth-order valence-corrected chi connectivity index (χ4v) is 4.51. The predicted octanol–water partition coefficient (Wildman–Crippen LogP) is 4.94. The predicted molar refractivity (Wildman–Crippen MR) is 92.4 cm³/mol. The Balaban J connectivity index is 1.97. The Morgan fingerprint density at radius 2 is 1.95 bits per heavy atom. The van der Waals surface area contributed by atoms with Gasteiger partial charge in [-0.05, 0) is 74.4 Å². The molecular weight excluding hydrogens is 274 g/mol. The van der Waals surface area contributed by atoms with Gasteiger partial charge < -0.3 is 5.32 Å². The van der Waals surface area contributed by atoms with Gasteiger partial charge in [-0.3, -0.25) is 0 Å². The van der Waals surface area contributed by atoms with Crippen LogP contribution in [0.15, 0.2) is 24.3 Å². The molecule has 1 N–H and O–H groups in total. The lowest BCUT2D eigenvalue weighted by Crippen LogP contribution is -2.23. The summed E-state index contributed by atoms with van der Waals surface area (Å²) >= 11 is 1.94. The molecule has 2 aromatic rings. The van der Waals surface area contributed by atoms with E-state index in [2.05, 4.69) is 50.4 Å². The maximum Gasteiger partial charge on any atom is 0.0673 e.